The van der Waals surface area contributed by atoms with Gasteiger partial charge in [0.25, 0.3) is 30.4 Å². The number of nitrogens with two attached hydrogens (primary N) is 1. The fourth-order valence-corrected chi connectivity index (χ4v) is 5.57. The van der Waals surface area contributed by atoms with Crippen molar-refractivity contribution in [3.8, 4) is 11.5 Å². The van der Waals surface area contributed by atoms with Gasteiger partial charge in [0.1, 0.15) is 21.2 Å². The molecule has 22 heteroatoms. The molecule has 0 aromatic heterocycles. The van der Waals surface area contributed by atoms with E-state index in [0.29, 0.717) is 6.07 Å². The maximum Gasteiger partial charge on any atom is 0.425 e. The zero-order chi connectivity index (χ0) is 31.1. The van der Waals surface area contributed by atoms with Gasteiger partial charge in [-0.3, -0.25) is 13.7 Å². The van der Waals surface area contributed by atoms with Gasteiger partial charge in [0.2, 0.25) is 0 Å². The minimum atomic E-state index is -5.15. The smallest absolute Gasteiger partial charge is 0.425 e. The number of aromatic hydroxyl groups is 2. The van der Waals surface area contributed by atoms with Crippen molar-refractivity contribution in [3.63, 3.8) is 0 Å². The molecule has 4 aromatic carbocycles. The Morgan fingerprint density at radius 2 is 1.21 bits per heavy atom. The van der Waals surface area contributed by atoms with Crippen LogP contribution in [0.3, 0.4) is 0 Å². The fourth-order valence-electron chi connectivity index (χ4n) is 3.64. The molecule has 4 aromatic rings. The molecule has 0 aliphatic heterocycles. The van der Waals surface area contributed by atoms with E-state index in [9.17, 15) is 49.1 Å². The van der Waals surface area contributed by atoms with Crippen LogP contribution < -0.4 is 5.73 Å². The van der Waals surface area contributed by atoms with Crippen molar-refractivity contribution in [1.82, 2.24) is 0 Å². The number of phenols is 2. The van der Waals surface area contributed by atoms with Crippen LogP contribution in [-0.4, -0.2) is 61.8 Å². The van der Waals surface area contributed by atoms with E-state index in [1.54, 1.807) is 0 Å². The van der Waals surface area contributed by atoms with Gasteiger partial charge in [-0.15, -0.1) is 22.9 Å². The molecule has 0 spiro atoms. The van der Waals surface area contributed by atoms with E-state index in [-0.39, 0.29) is 38.6 Å². The summed E-state index contributed by atoms with van der Waals surface area (Å²) in [6.07, 6.45) is 0. The van der Waals surface area contributed by atoms with Crippen molar-refractivity contribution < 1.29 is 78.8 Å². The van der Waals surface area contributed by atoms with Gasteiger partial charge in [-0.25, -0.2) is 0 Å². The molecule has 0 unspecified atom stereocenters. The summed E-state index contributed by atoms with van der Waals surface area (Å²) in [4.78, 5) is -2.45. The average Bonchev–Trinajstić information content (AvgIpc) is 2.82. The first-order valence-electron chi connectivity index (χ1n) is 10.2. The number of benzene rings is 4. The van der Waals surface area contributed by atoms with E-state index in [1.165, 1.54) is 24.3 Å². The van der Waals surface area contributed by atoms with Crippen molar-refractivity contribution in [1.29, 1.82) is 0 Å². The van der Waals surface area contributed by atoms with E-state index in [1.807, 2.05) is 0 Å². The first-order valence-corrected chi connectivity index (χ1v) is 15.5. The van der Waals surface area contributed by atoms with Gasteiger partial charge in [0.15, 0.2) is 11.5 Å². The van der Waals surface area contributed by atoms with Crippen LogP contribution in [-0.2, 0) is 58.0 Å². The summed E-state index contributed by atoms with van der Waals surface area (Å²) in [5.74, 6) is -1.60. The molecule has 0 fully saturated rings. The number of fused-ring (bicyclic) bond motifs is 2. The number of hydrogen-bond acceptors (Lipinski definition) is 14. The van der Waals surface area contributed by atoms with Gasteiger partial charge < -0.3 is 15.9 Å². The van der Waals surface area contributed by atoms with E-state index in [0.717, 1.165) is 18.2 Å². The molecule has 0 saturated carbocycles. The Balaban J connectivity index is 0.00000116. The molecule has 17 nitrogen and oxygen atoms in total. The number of rotatable bonds is 5. The minimum absolute atomic E-state index is 0. The summed E-state index contributed by atoms with van der Waals surface area (Å²) < 4.78 is 125. The Morgan fingerprint density at radius 1 is 0.690 bits per heavy atom. The topological polar surface area (TPSA) is 306 Å². The van der Waals surface area contributed by atoms with E-state index < -0.39 is 84.2 Å². The molecule has 0 amide bonds. The average molecular weight is 713 g/mol. The van der Waals surface area contributed by atoms with Crippen LogP contribution in [0.5, 0.6) is 11.5 Å². The van der Waals surface area contributed by atoms with E-state index >= 15 is 0 Å². The van der Waals surface area contributed by atoms with Crippen molar-refractivity contribution in [2.24, 2.45) is 10.2 Å². The minimum Gasteiger partial charge on any atom is -0.505 e. The van der Waals surface area contributed by atoms with Crippen LogP contribution in [0.4, 0.5) is 17.1 Å². The molecule has 0 saturated heterocycles. The summed E-state index contributed by atoms with van der Waals surface area (Å²) in [6.45, 7) is 0. The largest absolute Gasteiger partial charge is 0.505 e. The van der Waals surface area contributed by atoms with Crippen LogP contribution >= 0.6 is 0 Å². The summed E-state index contributed by atoms with van der Waals surface area (Å²) in [5.41, 5.74) is 3.89. The Labute approximate surface area is 248 Å². The maximum atomic E-state index is 12.0. The zero-order valence-corrected chi connectivity index (χ0v) is 24.1. The summed E-state index contributed by atoms with van der Waals surface area (Å²) in [6, 6.07) is 8.51. The molecule has 0 heterocycles. The number of nitrogens with zero attached hydrogens (tertiary/aromatic N) is 2. The van der Waals surface area contributed by atoms with Gasteiger partial charge in [0, 0.05) is 38.9 Å². The predicted octanol–water partition coefficient (Wildman–Crippen LogP) is 2.14. The second kappa shape index (κ2) is 12.2. The third-order valence-corrected chi connectivity index (χ3v) is 7.82. The molecule has 0 atom stereocenters. The molecular formula is C20H15CuN3O14S4. The van der Waals surface area contributed by atoms with Crippen LogP contribution in [0.2, 0.25) is 0 Å². The SMILES string of the molecule is Nc1cc(S(=O)(=O)O)cc2cc(S(=O)(=O)O)c(N=Nc3cc(S(=O)(=O)O)c4ccccc4c3O)c(O)c12.O=S(=O)=O.[Cu]. The van der Waals surface area contributed by atoms with E-state index in [4.69, 9.17) is 18.4 Å². The Morgan fingerprint density at radius 3 is 1.71 bits per heavy atom. The van der Waals surface area contributed by atoms with Gasteiger partial charge in [-0.2, -0.15) is 25.3 Å². The molecule has 7 N–H and O–H groups in total. The first kappa shape index (κ1) is 34.5. The molecule has 0 bridgehead atoms. The molecule has 0 aliphatic rings. The van der Waals surface area contributed by atoms with Gasteiger partial charge in [-0.1, -0.05) is 24.3 Å². The third kappa shape index (κ3) is 7.36. The summed E-state index contributed by atoms with van der Waals surface area (Å²) >= 11 is 0. The normalized spacial score (nSPS) is 12.1. The quantitative estimate of drug-likeness (QED) is 0.0747. The standard InChI is InChI=1S/C20H15N3O11S3.Cu.O3S/c21-13-7-10(35(26,27)28)5-9-6-16(37(32,33)34)18(20(25)17(9)13)23-22-14-8-15(36(29,30)31)11-3-1-2-4-12(11)19(14)24;;1-4(2)3/h1-8,24-25H,21H2,(H,26,27,28)(H,29,30,31)(H,32,33,34);;. The number of hydrogen-bond donors (Lipinski definition) is 6. The fraction of sp³-hybridized carbons (Fsp3) is 0. The maximum absolute atomic E-state index is 12.0. The van der Waals surface area contributed by atoms with Crippen LogP contribution in [0, 0.1) is 0 Å². The number of phenolic OH excluding ortho intramolecular Hbond substituents is 2. The Bertz CT molecular complexity index is 2220. The Hall–Kier alpha value is -3.73. The molecule has 229 valence electrons. The molecule has 1 radical (unpaired) electrons. The Kier molecular flexibility index (Phi) is 10.1. The summed E-state index contributed by atoms with van der Waals surface area (Å²) in [7, 11) is -17.9. The molecule has 0 aliphatic carbocycles. The number of nitrogen functional groups attached to an aromatic ring is 1. The van der Waals surface area contributed by atoms with Crippen molar-refractivity contribution in [3.05, 3.63) is 48.5 Å². The second-order valence-corrected chi connectivity index (χ2v) is 12.4. The van der Waals surface area contributed by atoms with E-state index in [2.05, 4.69) is 10.2 Å². The van der Waals surface area contributed by atoms with Crippen molar-refractivity contribution >= 4 is 79.6 Å². The van der Waals surface area contributed by atoms with Gasteiger partial charge >= 0.3 is 10.6 Å². The predicted molar refractivity (Wildman–Crippen MR) is 139 cm³/mol. The third-order valence-electron chi connectivity index (χ3n) is 5.22. The van der Waals surface area contributed by atoms with Gasteiger partial charge in [0.05, 0.1) is 4.90 Å². The molecule has 42 heavy (non-hydrogen) atoms. The van der Waals surface area contributed by atoms with Crippen LogP contribution in [0.25, 0.3) is 21.5 Å². The van der Waals surface area contributed by atoms with Crippen LogP contribution in [0.1, 0.15) is 0 Å². The number of azo groups is 1. The second-order valence-electron chi connectivity index (χ2n) is 7.80. The van der Waals surface area contributed by atoms with Crippen molar-refractivity contribution in [2.75, 3.05) is 5.73 Å². The monoisotopic (exact) mass is 712 g/mol. The zero-order valence-electron chi connectivity index (χ0n) is 19.9. The first-order chi connectivity index (χ1) is 18.7. The summed E-state index contributed by atoms with van der Waals surface area (Å²) in [5, 5.41) is 27.7. The van der Waals surface area contributed by atoms with Crippen molar-refractivity contribution in [2.45, 2.75) is 14.7 Å². The number of anilines is 1. The molecule has 4 rings (SSSR count). The molecular weight excluding hydrogens is 698 g/mol. The van der Waals surface area contributed by atoms with Gasteiger partial charge in [-0.05, 0) is 29.7 Å². The van der Waals surface area contributed by atoms with Crippen LogP contribution in [0.15, 0.2) is 73.4 Å².